The molecular formula is C20H19N7O. The van der Waals surface area contributed by atoms with Gasteiger partial charge in [-0.15, -0.1) is 0 Å². The third-order valence-corrected chi connectivity index (χ3v) is 4.70. The van der Waals surface area contributed by atoms with E-state index in [9.17, 15) is 0 Å². The Kier molecular flexibility index (Phi) is 4.30. The Bertz CT molecular complexity index is 1090. The van der Waals surface area contributed by atoms with Crippen molar-refractivity contribution in [3.05, 3.63) is 61.2 Å². The minimum absolute atomic E-state index is 0.495. The smallest absolute Gasteiger partial charge is 0.228 e. The highest BCUT2D eigenvalue weighted by molar-refractivity contribution is 5.62. The van der Waals surface area contributed by atoms with Gasteiger partial charge in [0.05, 0.1) is 42.7 Å². The summed E-state index contributed by atoms with van der Waals surface area (Å²) in [5.41, 5.74) is 3.68. The summed E-state index contributed by atoms with van der Waals surface area (Å²) in [6, 6.07) is 11.8. The standard InChI is InChI=1S/C20H19N7O/c1-2-8-27-17(14-23-19(27)3-1)16-6-7-21-20(24-16)25-18-5-4-15(13-22-18)26-9-11-28-12-10-26/h1-8,13-14H,9-12H2,(H,21,22,24,25). The van der Waals surface area contributed by atoms with Gasteiger partial charge in [-0.2, -0.15) is 0 Å². The minimum atomic E-state index is 0.495. The van der Waals surface area contributed by atoms with Gasteiger partial charge >= 0.3 is 0 Å². The van der Waals surface area contributed by atoms with Crippen LogP contribution in [0.1, 0.15) is 0 Å². The molecule has 28 heavy (non-hydrogen) atoms. The number of imidazole rings is 1. The molecule has 8 heteroatoms. The predicted molar refractivity (Wildman–Crippen MR) is 107 cm³/mol. The first-order chi connectivity index (χ1) is 13.9. The number of anilines is 3. The number of ether oxygens (including phenoxy) is 1. The van der Waals surface area contributed by atoms with Gasteiger partial charge in [-0.3, -0.25) is 4.40 Å². The van der Waals surface area contributed by atoms with Crippen LogP contribution < -0.4 is 10.2 Å². The average Bonchev–Trinajstić information content (AvgIpc) is 3.19. The third kappa shape index (κ3) is 3.25. The quantitative estimate of drug-likeness (QED) is 0.589. The van der Waals surface area contributed by atoms with E-state index < -0.39 is 0 Å². The van der Waals surface area contributed by atoms with Crippen molar-refractivity contribution in [2.45, 2.75) is 0 Å². The van der Waals surface area contributed by atoms with Crippen molar-refractivity contribution >= 4 is 23.1 Å². The zero-order valence-electron chi connectivity index (χ0n) is 15.2. The second-order valence-electron chi connectivity index (χ2n) is 6.46. The summed E-state index contributed by atoms with van der Waals surface area (Å²) in [6.45, 7) is 3.28. The molecule has 0 aliphatic carbocycles. The lowest BCUT2D eigenvalue weighted by atomic mass is 10.3. The Morgan fingerprint density at radius 1 is 0.929 bits per heavy atom. The van der Waals surface area contributed by atoms with Gasteiger partial charge in [0.15, 0.2) is 0 Å². The number of morpholine rings is 1. The van der Waals surface area contributed by atoms with Crippen LogP contribution in [0.4, 0.5) is 17.5 Å². The highest BCUT2D eigenvalue weighted by Crippen LogP contribution is 2.21. The first-order valence-electron chi connectivity index (χ1n) is 9.18. The van der Waals surface area contributed by atoms with Gasteiger partial charge in [0.1, 0.15) is 11.5 Å². The van der Waals surface area contributed by atoms with Crippen LogP contribution in [0.2, 0.25) is 0 Å². The summed E-state index contributed by atoms with van der Waals surface area (Å²) < 4.78 is 7.40. The van der Waals surface area contributed by atoms with Crippen molar-refractivity contribution in [1.29, 1.82) is 0 Å². The maximum absolute atomic E-state index is 5.40. The molecule has 0 bridgehead atoms. The maximum Gasteiger partial charge on any atom is 0.228 e. The fourth-order valence-corrected chi connectivity index (χ4v) is 3.27. The monoisotopic (exact) mass is 373 g/mol. The number of pyridine rings is 2. The Balaban J connectivity index is 1.37. The molecule has 8 nitrogen and oxygen atoms in total. The van der Waals surface area contributed by atoms with E-state index in [0.717, 1.165) is 49.0 Å². The molecule has 0 radical (unpaired) electrons. The van der Waals surface area contributed by atoms with E-state index in [4.69, 9.17) is 4.74 Å². The normalized spacial score (nSPS) is 14.4. The largest absolute Gasteiger partial charge is 0.378 e. The van der Waals surface area contributed by atoms with Crippen molar-refractivity contribution in [3.8, 4) is 11.4 Å². The topological polar surface area (TPSA) is 80.5 Å². The Labute approximate surface area is 161 Å². The van der Waals surface area contributed by atoms with E-state index in [0.29, 0.717) is 11.8 Å². The van der Waals surface area contributed by atoms with E-state index in [-0.39, 0.29) is 0 Å². The molecule has 1 fully saturated rings. The molecule has 4 aromatic rings. The first-order valence-corrected chi connectivity index (χ1v) is 9.18. The van der Waals surface area contributed by atoms with E-state index >= 15 is 0 Å². The minimum Gasteiger partial charge on any atom is -0.378 e. The molecular weight excluding hydrogens is 354 g/mol. The number of nitrogens with zero attached hydrogens (tertiary/aromatic N) is 6. The highest BCUT2D eigenvalue weighted by Gasteiger charge is 2.12. The molecule has 5 heterocycles. The summed E-state index contributed by atoms with van der Waals surface area (Å²) in [5.74, 6) is 1.20. The maximum atomic E-state index is 5.40. The van der Waals surface area contributed by atoms with Crippen molar-refractivity contribution in [2.75, 3.05) is 36.5 Å². The fraction of sp³-hybridized carbons (Fsp3) is 0.200. The SMILES string of the molecule is c1ccn2c(-c3ccnc(Nc4ccc(N5CCOCC5)cn4)n3)cnc2c1. The van der Waals surface area contributed by atoms with Crippen molar-refractivity contribution in [1.82, 2.24) is 24.3 Å². The van der Waals surface area contributed by atoms with E-state index in [2.05, 4.69) is 36.2 Å². The number of nitrogens with one attached hydrogen (secondary N) is 1. The van der Waals surface area contributed by atoms with Gasteiger partial charge in [-0.05, 0) is 30.3 Å². The summed E-state index contributed by atoms with van der Waals surface area (Å²) in [5, 5.41) is 3.18. The van der Waals surface area contributed by atoms with Gasteiger partial charge in [-0.1, -0.05) is 6.07 Å². The molecule has 1 aliphatic rings. The number of aromatic nitrogens is 5. The van der Waals surface area contributed by atoms with Crippen molar-refractivity contribution in [3.63, 3.8) is 0 Å². The van der Waals surface area contributed by atoms with E-state index in [1.807, 2.05) is 53.3 Å². The zero-order chi connectivity index (χ0) is 18.8. The molecule has 1 saturated heterocycles. The van der Waals surface area contributed by atoms with Gasteiger partial charge < -0.3 is 15.0 Å². The fourth-order valence-electron chi connectivity index (χ4n) is 3.27. The molecule has 5 rings (SSSR count). The van der Waals surface area contributed by atoms with Gasteiger partial charge in [-0.25, -0.2) is 19.9 Å². The van der Waals surface area contributed by atoms with E-state index in [1.165, 1.54) is 0 Å². The van der Waals surface area contributed by atoms with Crippen LogP contribution in [0, 0.1) is 0 Å². The highest BCUT2D eigenvalue weighted by atomic mass is 16.5. The van der Waals surface area contributed by atoms with Crippen LogP contribution in [0.25, 0.3) is 17.0 Å². The first kappa shape index (κ1) is 16.6. The molecule has 0 amide bonds. The molecule has 0 aromatic carbocycles. The molecule has 4 aromatic heterocycles. The lowest BCUT2D eigenvalue weighted by molar-refractivity contribution is 0.122. The molecule has 0 spiro atoms. The van der Waals surface area contributed by atoms with Crippen LogP contribution >= 0.6 is 0 Å². The van der Waals surface area contributed by atoms with Crippen LogP contribution in [-0.4, -0.2) is 50.6 Å². The third-order valence-electron chi connectivity index (χ3n) is 4.70. The van der Waals surface area contributed by atoms with Gasteiger partial charge in [0.25, 0.3) is 0 Å². The second-order valence-corrected chi connectivity index (χ2v) is 6.46. The van der Waals surface area contributed by atoms with Gasteiger partial charge in [0, 0.05) is 25.5 Å². The lowest BCUT2D eigenvalue weighted by Gasteiger charge is -2.28. The average molecular weight is 373 g/mol. The molecule has 0 unspecified atom stereocenters. The number of hydrogen-bond acceptors (Lipinski definition) is 7. The second kappa shape index (κ2) is 7.24. The van der Waals surface area contributed by atoms with Crippen LogP contribution in [-0.2, 0) is 4.74 Å². The van der Waals surface area contributed by atoms with Crippen molar-refractivity contribution < 1.29 is 4.74 Å². The summed E-state index contributed by atoms with van der Waals surface area (Å²) in [6.07, 6.45) is 7.38. The van der Waals surface area contributed by atoms with Crippen LogP contribution in [0.3, 0.4) is 0 Å². The summed E-state index contributed by atoms with van der Waals surface area (Å²) in [4.78, 5) is 20.1. The zero-order valence-corrected chi connectivity index (χ0v) is 15.2. The Morgan fingerprint density at radius 3 is 2.71 bits per heavy atom. The molecule has 1 aliphatic heterocycles. The van der Waals surface area contributed by atoms with Crippen molar-refractivity contribution in [2.24, 2.45) is 0 Å². The molecule has 1 N–H and O–H groups in total. The summed E-state index contributed by atoms with van der Waals surface area (Å²) in [7, 11) is 0. The number of fused-ring (bicyclic) bond motifs is 1. The van der Waals surface area contributed by atoms with Crippen LogP contribution in [0.5, 0.6) is 0 Å². The molecule has 140 valence electrons. The van der Waals surface area contributed by atoms with E-state index in [1.54, 1.807) is 6.20 Å². The number of hydrogen-bond donors (Lipinski definition) is 1. The van der Waals surface area contributed by atoms with Gasteiger partial charge in [0.2, 0.25) is 5.95 Å². The predicted octanol–water partition coefficient (Wildman–Crippen LogP) is 2.77. The Morgan fingerprint density at radius 2 is 1.86 bits per heavy atom. The van der Waals surface area contributed by atoms with Crippen LogP contribution in [0.15, 0.2) is 61.2 Å². The molecule has 0 atom stereocenters. The molecule has 0 saturated carbocycles. The number of rotatable bonds is 4. The Hall–Kier alpha value is -3.52. The summed E-state index contributed by atoms with van der Waals surface area (Å²) >= 11 is 0. The lowest BCUT2D eigenvalue weighted by Crippen LogP contribution is -2.36.